The first kappa shape index (κ1) is 27.0. The number of nitrogen functional groups attached to an aromatic ring is 1. The van der Waals surface area contributed by atoms with Crippen LogP contribution in [-0.2, 0) is 11.3 Å². The number of carbonyl (C=O) groups excluding carboxylic acids is 1. The second kappa shape index (κ2) is 10.2. The molecule has 1 amide bonds. The van der Waals surface area contributed by atoms with Gasteiger partial charge in [0, 0.05) is 72.6 Å². The SMILES string of the molecule is CC(C)(C)OC(=O)N1CC2(C1)CN(c1ccc(C(=N)c3cc(OCc4c(Cl)cncc4Cl)ccc3N)cn1)C2. The number of benzene rings is 1. The molecule has 0 aliphatic carbocycles. The minimum Gasteiger partial charge on any atom is -0.489 e. The summed E-state index contributed by atoms with van der Waals surface area (Å²) < 4.78 is 11.3. The van der Waals surface area contributed by atoms with E-state index >= 15 is 0 Å². The predicted octanol–water partition coefficient (Wildman–Crippen LogP) is 5.42. The zero-order chi connectivity index (χ0) is 27.9. The molecular weight excluding hydrogens is 539 g/mol. The van der Waals surface area contributed by atoms with Crippen LogP contribution in [-0.4, -0.2) is 58.5 Å². The molecule has 0 bridgehead atoms. The summed E-state index contributed by atoms with van der Waals surface area (Å²) in [5, 5.41) is 9.59. The van der Waals surface area contributed by atoms with Gasteiger partial charge in [0.1, 0.15) is 23.8 Å². The van der Waals surface area contributed by atoms with Gasteiger partial charge in [0.2, 0.25) is 0 Å². The van der Waals surface area contributed by atoms with Gasteiger partial charge >= 0.3 is 6.09 Å². The van der Waals surface area contributed by atoms with Gasteiger partial charge in [-0.05, 0) is 51.1 Å². The van der Waals surface area contributed by atoms with E-state index in [4.69, 9.17) is 43.8 Å². The number of likely N-dealkylation sites (tertiary alicyclic amines) is 1. The highest BCUT2D eigenvalue weighted by Crippen LogP contribution is 2.42. The van der Waals surface area contributed by atoms with E-state index < -0.39 is 5.60 Å². The minimum atomic E-state index is -0.493. The summed E-state index contributed by atoms with van der Waals surface area (Å²) in [6.45, 7) is 8.81. The van der Waals surface area contributed by atoms with Crippen molar-refractivity contribution in [2.24, 2.45) is 5.41 Å². The van der Waals surface area contributed by atoms with Crippen LogP contribution in [0.15, 0.2) is 48.9 Å². The maximum absolute atomic E-state index is 12.2. The van der Waals surface area contributed by atoms with Crippen molar-refractivity contribution < 1.29 is 14.3 Å². The molecule has 0 radical (unpaired) electrons. The third kappa shape index (κ3) is 5.74. The van der Waals surface area contributed by atoms with E-state index in [-0.39, 0.29) is 23.8 Å². The second-order valence-corrected chi connectivity index (χ2v) is 11.9. The Bertz CT molecular complexity index is 1390. The number of carbonyl (C=O) groups is 1. The van der Waals surface area contributed by atoms with Crippen molar-refractivity contribution in [1.82, 2.24) is 14.9 Å². The molecule has 0 atom stereocenters. The van der Waals surface area contributed by atoms with Gasteiger partial charge in [-0.3, -0.25) is 10.4 Å². The number of pyridine rings is 2. The van der Waals surface area contributed by atoms with Crippen LogP contribution in [0.3, 0.4) is 0 Å². The fourth-order valence-electron chi connectivity index (χ4n) is 4.79. The molecule has 2 aromatic heterocycles. The third-order valence-corrected chi connectivity index (χ3v) is 7.40. The zero-order valence-corrected chi connectivity index (χ0v) is 23.5. The van der Waals surface area contributed by atoms with E-state index in [1.54, 1.807) is 29.3 Å². The van der Waals surface area contributed by atoms with E-state index in [2.05, 4.69) is 14.9 Å². The minimum absolute atomic E-state index is 0.101. The number of nitrogens with two attached hydrogens (primary N) is 1. The van der Waals surface area contributed by atoms with Crippen molar-refractivity contribution in [2.45, 2.75) is 33.0 Å². The molecule has 5 rings (SSSR count). The Morgan fingerprint density at radius 2 is 1.77 bits per heavy atom. The number of rotatable bonds is 6. The largest absolute Gasteiger partial charge is 0.489 e. The molecule has 3 aromatic rings. The van der Waals surface area contributed by atoms with Gasteiger partial charge in [0.05, 0.1) is 15.8 Å². The molecule has 1 aromatic carbocycles. The summed E-state index contributed by atoms with van der Waals surface area (Å²) >= 11 is 12.4. The molecule has 39 heavy (non-hydrogen) atoms. The fourth-order valence-corrected chi connectivity index (χ4v) is 5.27. The zero-order valence-electron chi connectivity index (χ0n) is 22.0. The Kier molecular flexibility index (Phi) is 7.07. The Hall–Kier alpha value is -3.56. The van der Waals surface area contributed by atoms with Gasteiger partial charge < -0.3 is 25.0 Å². The smallest absolute Gasteiger partial charge is 0.410 e. The molecule has 0 saturated carbocycles. The maximum atomic E-state index is 12.2. The highest BCUT2D eigenvalue weighted by molar-refractivity contribution is 6.35. The highest BCUT2D eigenvalue weighted by Gasteiger charge is 2.54. The molecule has 9 nitrogen and oxygen atoms in total. The van der Waals surface area contributed by atoms with Crippen LogP contribution >= 0.6 is 23.2 Å². The molecule has 2 aliphatic heterocycles. The summed E-state index contributed by atoms with van der Waals surface area (Å²) in [5.41, 5.74) is 8.31. The molecule has 2 saturated heterocycles. The van der Waals surface area contributed by atoms with Crippen LogP contribution in [0, 0.1) is 10.8 Å². The van der Waals surface area contributed by atoms with Crippen LogP contribution in [0.1, 0.15) is 37.5 Å². The number of hydrogen-bond acceptors (Lipinski definition) is 8. The van der Waals surface area contributed by atoms with E-state index in [0.717, 1.165) is 18.9 Å². The Labute approximate surface area is 237 Å². The number of aromatic nitrogens is 2. The quantitative estimate of drug-likeness (QED) is 0.301. The molecule has 11 heteroatoms. The first-order valence-electron chi connectivity index (χ1n) is 12.5. The molecule has 2 aliphatic rings. The van der Waals surface area contributed by atoms with Crippen LogP contribution in [0.4, 0.5) is 16.3 Å². The number of nitrogens with one attached hydrogen (secondary N) is 1. The predicted molar refractivity (Wildman–Crippen MR) is 152 cm³/mol. The van der Waals surface area contributed by atoms with Crippen molar-refractivity contribution in [3.05, 3.63) is 75.7 Å². The monoisotopic (exact) mass is 568 g/mol. The summed E-state index contributed by atoms with van der Waals surface area (Å²) in [7, 11) is 0. The van der Waals surface area contributed by atoms with Crippen molar-refractivity contribution in [1.29, 1.82) is 5.41 Å². The van der Waals surface area contributed by atoms with Gasteiger partial charge in [-0.25, -0.2) is 9.78 Å². The molecule has 3 N–H and O–H groups in total. The lowest BCUT2D eigenvalue weighted by Gasteiger charge is -2.60. The summed E-state index contributed by atoms with van der Waals surface area (Å²) in [6, 6.07) is 8.94. The number of hydrogen-bond donors (Lipinski definition) is 2. The van der Waals surface area contributed by atoms with Crippen molar-refractivity contribution in [3.63, 3.8) is 0 Å². The molecule has 204 valence electrons. The number of anilines is 2. The van der Waals surface area contributed by atoms with Gasteiger partial charge in [-0.2, -0.15) is 0 Å². The lowest BCUT2D eigenvalue weighted by atomic mass is 9.73. The molecule has 0 unspecified atom stereocenters. The lowest BCUT2D eigenvalue weighted by Crippen LogP contribution is -2.73. The first-order chi connectivity index (χ1) is 18.4. The van der Waals surface area contributed by atoms with Crippen molar-refractivity contribution in [3.8, 4) is 5.75 Å². The number of amides is 1. The van der Waals surface area contributed by atoms with Crippen LogP contribution < -0.4 is 15.4 Å². The van der Waals surface area contributed by atoms with Crippen molar-refractivity contribution >= 4 is 46.5 Å². The summed E-state index contributed by atoms with van der Waals surface area (Å²) in [5.74, 6) is 1.37. The standard InChI is InChI=1S/C28H30Cl2N6O3/c1-27(2,3)39-26(37)36-15-28(16-36)13-35(14-28)24-7-4-17(9-34-24)25(32)19-8-18(5-6-23(19)31)38-12-20-21(29)10-33-11-22(20)30/h4-11,32H,12-16,31H2,1-3H3. The fraction of sp³-hybridized carbons (Fsp3) is 0.357. The molecule has 1 spiro atoms. The van der Waals surface area contributed by atoms with Gasteiger partial charge in [-0.1, -0.05) is 23.2 Å². The van der Waals surface area contributed by atoms with Crippen LogP contribution in [0.2, 0.25) is 10.0 Å². The Morgan fingerprint density at radius 1 is 1.08 bits per heavy atom. The maximum Gasteiger partial charge on any atom is 0.410 e. The van der Waals surface area contributed by atoms with Gasteiger partial charge in [-0.15, -0.1) is 0 Å². The lowest BCUT2D eigenvalue weighted by molar-refractivity contribution is -0.0454. The Balaban J connectivity index is 1.19. The van der Waals surface area contributed by atoms with E-state index in [0.29, 0.717) is 51.3 Å². The third-order valence-electron chi connectivity index (χ3n) is 6.75. The molecule has 2 fully saturated rings. The highest BCUT2D eigenvalue weighted by atomic mass is 35.5. The number of halogens is 2. The summed E-state index contributed by atoms with van der Waals surface area (Å²) in [6.07, 6.45) is 4.45. The molecular formula is C28H30Cl2N6O3. The van der Waals surface area contributed by atoms with E-state index in [1.165, 1.54) is 12.4 Å². The number of nitrogens with zero attached hydrogens (tertiary/aromatic N) is 4. The van der Waals surface area contributed by atoms with Gasteiger partial charge in [0.25, 0.3) is 0 Å². The second-order valence-electron chi connectivity index (χ2n) is 11.1. The number of ether oxygens (including phenoxy) is 2. The van der Waals surface area contributed by atoms with Gasteiger partial charge in [0.15, 0.2) is 0 Å². The van der Waals surface area contributed by atoms with Crippen LogP contribution in [0.5, 0.6) is 5.75 Å². The topological polar surface area (TPSA) is 118 Å². The first-order valence-corrected chi connectivity index (χ1v) is 13.3. The average molecular weight is 569 g/mol. The Morgan fingerprint density at radius 3 is 2.38 bits per heavy atom. The van der Waals surface area contributed by atoms with Crippen LogP contribution in [0.25, 0.3) is 0 Å². The molecule has 4 heterocycles. The summed E-state index contributed by atoms with van der Waals surface area (Å²) in [4.78, 5) is 24.7. The van der Waals surface area contributed by atoms with E-state index in [9.17, 15) is 4.79 Å². The average Bonchev–Trinajstić information content (AvgIpc) is 2.82. The van der Waals surface area contributed by atoms with Crippen molar-refractivity contribution in [2.75, 3.05) is 36.8 Å². The normalized spacial score (nSPS) is 15.9. The van der Waals surface area contributed by atoms with E-state index in [1.807, 2.05) is 32.9 Å².